The molecule has 1 atom stereocenters. The summed E-state index contributed by atoms with van der Waals surface area (Å²) in [5, 5.41) is 6.06. The first-order valence-corrected chi connectivity index (χ1v) is 18.2. The summed E-state index contributed by atoms with van der Waals surface area (Å²) in [6.07, 6.45) is 1.10. The standard InChI is InChI=1S/C40H52FN7O4/c1-6-47(7-2)37(49)19-21-48-38(52-40(50)43-31-14-9-8-10-15-31)28-35(33-16-11-13-29(3)30(33)4)44-39(48)42-32-17-18-36(34(41)27-32)51-26-12-20-46-24-22-45(5)23-25-46/h8-11,13-18,27-28,38H,6-7,12,19-26H2,1-5H3,(H,42,44)(H,43,50). The Labute approximate surface area is 307 Å². The van der Waals surface area contributed by atoms with Crippen LogP contribution in [-0.4, -0.2) is 110 Å². The molecule has 0 radical (unpaired) electrons. The highest BCUT2D eigenvalue weighted by Gasteiger charge is 2.31. The number of rotatable bonds is 14. The molecule has 0 spiro atoms. The SMILES string of the molecule is CCN(CC)C(=O)CCN1C(Nc2ccc(OCCCN3CCN(C)CC3)c(F)c2)=NC(c2cccc(C)c2C)=CC1OC(=O)Nc1ccccc1. The number of guanidine groups is 1. The van der Waals surface area contributed by atoms with E-state index in [-0.39, 0.29) is 24.6 Å². The topological polar surface area (TPSA) is 102 Å². The minimum absolute atomic E-state index is 0.0405. The van der Waals surface area contributed by atoms with Gasteiger partial charge in [0.25, 0.3) is 0 Å². The van der Waals surface area contributed by atoms with Crippen molar-refractivity contribution in [2.75, 3.05) is 76.6 Å². The van der Waals surface area contributed by atoms with Gasteiger partial charge >= 0.3 is 6.09 Å². The summed E-state index contributed by atoms with van der Waals surface area (Å²) in [6, 6.07) is 19.7. The van der Waals surface area contributed by atoms with Crippen molar-refractivity contribution in [1.29, 1.82) is 0 Å². The maximum absolute atomic E-state index is 15.5. The Morgan fingerprint density at radius 2 is 1.69 bits per heavy atom. The summed E-state index contributed by atoms with van der Waals surface area (Å²) in [5.41, 5.74) is 4.55. The average molecular weight is 714 g/mol. The third kappa shape index (κ3) is 10.3. The maximum Gasteiger partial charge on any atom is 0.413 e. The first-order chi connectivity index (χ1) is 25.1. The molecule has 52 heavy (non-hydrogen) atoms. The van der Waals surface area contributed by atoms with Gasteiger partial charge in [-0.1, -0.05) is 36.4 Å². The largest absolute Gasteiger partial charge is 0.490 e. The van der Waals surface area contributed by atoms with Gasteiger partial charge in [-0.15, -0.1) is 0 Å². The van der Waals surface area contributed by atoms with E-state index in [9.17, 15) is 9.59 Å². The third-order valence-electron chi connectivity index (χ3n) is 9.58. The molecule has 2 N–H and O–H groups in total. The molecule has 0 saturated carbocycles. The van der Waals surface area contributed by atoms with E-state index >= 15 is 4.39 Å². The van der Waals surface area contributed by atoms with E-state index in [0.29, 0.717) is 42.7 Å². The van der Waals surface area contributed by atoms with Crippen LogP contribution in [0.15, 0.2) is 77.8 Å². The molecule has 2 aliphatic rings. The van der Waals surface area contributed by atoms with Crippen molar-refractivity contribution in [1.82, 2.24) is 19.6 Å². The second-order valence-electron chi connectivity index (χ2n) is 13.1. The fraction of sp³-hybridized carbons (Fsp3) is 0.425. The fourth-order valence-electron chi connectivity index (χ4n) is 6.27. The number of piperazine rings is 1. The Kier molecular flexibility index (Phi) is 13.6. The van der Waals surface area contributed by atoms with Crippen molar-refractivity contribution in [3.8, 4) is 5.75 Å². The Morgan fingerprint density at radius 1 is 0.942 bits per heavy atom. The van der Waals surface area contributed by atoms with Crippen LogP contribution in [0.4, 0.5) is 20.6 Å². The molecule has 278 valence electrons. The molecule has 1 unspecified atom stereocenters. The lowest BCUT2D eigenvalue weighted by molar-refractivity contribution is -0.131. The molecule has 0 aromatic heterocycles. The van der Waals surface area contributed by atoms with Gasteiger partial charge in [-0.3, -0.25) is 10.1 Å². The number of carbonyl (C=O) groups excluding carboxylic acids is 2. The summed E-state index contributed by atoms with van der Waals surface area (Å²) in [5.74, 6) is -0.0691. The quantitative estimate of drug-likeness (QED) is 0.185. The normalized spacial score (nSPS) is 16.5. The van der Waals surface area contributed by atoms with Crippen LogP contribution in [0.1, 0.15) is 43.4 Å². The molecule has 1 fully saturated rings. The van der Waals surface area contributed by atoms with Gasteiger partial charge in [0.05, 0.1) is 12.3 Å². The minimum Gasteiger partial charge on any atom is -0.490 e. The highest BCUT2D eigenvalue weighted by Crippen LogP contribution is 2.30. The number of benzene rings is 3. The molecular weight excluding hydrogens is 661 g/mol. The van der Waals surface area contributed by atoms with Crippen LogP contribution < -0.4 is 15.4 Å². The Hall–Kier alpha value is -4.94. The molecule has 2 amide bonds. The van der Waals surface area contributed by atoms with Crippen LogP contribution in [-0.2, 0) is 9.53 Å². The van der Waals surface area contributed by atoms with Crippen LogP contribution in [0.2, 0.25) is 0 Å². The lowest BCUT2D eigenvalue weighted by Crippen LogP contribution is -2.49. The van der Waals surface area contributed by atoms with Crippen molar-refractivity contribution in [2.45, 2.75) is 46.8 Å². The van der Waals surface area contributed by atoms with Gasteiger partial charge in [0.15, 0.2) is 11.6 Å². The van der Waals surface area contributed by atoms with Gasteiger partial charge in [0, 0.05) is 87.9 Å². The predicted octanol–water partition coefficient (Wildman–Crippen LogP) is 6.42. The van der Waals surface area contributed by atoms with Gasteiger partial charge in [-0.2, -0.15) is 0 Å². The van der Waals surface area contributed by atoms with Crippen LogP contribution >= 0.6 is 0 Å². The lowest BCUT2D eigenvalue weighted by atomic mass is 10.00. The second kappa shape index (κ2) is 18.5. The summed E-state index contributed by atoms with van der Waals surface area (Å²) in [7, 11) is 2.13. The number of aryl methyl sites for hydroxylation is 1. The first kappa shape index (κ1) is 38.3. The van der Waals surface area contributed by atoms with E-state index < -0.39 is 18.1 Å². The number of halogens is 1. The molecule has 12 heteroatoms. The number of hydrogen-bond donors (Lipinski definition) is 2. The van der Waals surface area contributed by atoms with Crippen LogP contribution in [0, 0.1) is 19.7 Å². The van der Waals surface area contributed by atoms with E-state index in [1.807, 2.05) is 64.1 Å². The van der Waals surface area contributed by atoms with Gasteiger partial charge in [-0.05, 0) is 76.6 Å². The zero-order valence-electron chi connectivity index (χ0n) is 31.0. The molecule has 2 heterocycles. The molecule has 2 aliphatic heterocycles. The van der Waals surface area contributed by atoms with Crippen molar-refractivity contribution in [3.63, 3.8) is 0 Å². The third-order valence-corrected chi connectivity index (χ3v) is 9.58. The van der Waals surface area contributed by atoms with E-state index in [1.54, 1.807) is 40.1 Å². The van der Waals surface area contributed by atoms with Crippen LogP contribution in [0.3, 0.4) is 0 Å². The predicted molar refractivity (Wildman–Crippen MR) is 205 cm³/mol. The highest BCUT2D eigenvalue weighted by atomic mass is 19.1. The molecule has 3 aromatic rings. The number of likely N-dealkylation sites (N-methyl/N-ethyl adjacent to an activating group) is 1. The van der Waals surface area contributed by atoms with Gasteiger partial charge in [-0.25, -0.2) is 14.2 Å². The van der Waals surface area contributed by atoms with Crippen molar-refractivity contribution >= 4 is 35.0 Å². The monoisotopic (exact) mass is 713 g/mol. The molecule has 0 aliphatic carbocycles. The van der Waals surface area contributed by atoms with E-state index in [2.05, 4.69) is 27.5 Å². The summed E-state index contributed by atoms with van der Waals surface area (Å²) >= 11 is 0. The van der Waals surface area contributed by atoms with Gasteiger partial charge in [0.1, 0.15) is 0 Å². The number of para-hydroxylation sites is 1. The zero-order valence-corrected chi connectivity index (χ0v) is 31.0. The molecule has 0 bridgehead atoms. The minimum atomic E-state index is -0.948. The van der Waals surface area contributed by atoms with E-state index in [4.69, 9.17) is 14.5 Å². The van der Waals surface area contributed by atoms with Gasteiger partial charge in [0.2, 0.25) is 18.1 Å². The maximum atomic E-state index is 15.5. The summed E-state index contributed by atoms with van der Waals surface area (Å²) in [6.45, 7) is 14.7. The zero-order chi connectivity index (χ0) is 37.0. The van der Waals surface area contributed by atoms with Gasteiger partial charge < -0.3 is 34.4 Å². The number of carbonyl (C=O) groups is 2. The van der Waals surface area contributed by atoms with Crippen molar-refractivity contribution in [2.24, 2.45) is 4.99 Å². The smallest absolute Gasteiger partial charge is 0.413 e. The number of anilines is 2. The molecule has 11 nitrogen and oxygen atoms in total. The number of aliphatic imine (C=N–C) groups is 1. The van der Waals surface area contributed by atoms with E-state index in [0.717, 1.165) is 55.8 Å². The van der Waals surface area contributed by atoms with Crippen molar-refractivity contribution < 1.29 is 23.5 Å². The molecule has 3 aromatic carbocycles. The van der Waals surface area contributed by atoms with Crippen LogP contribution in [0.5, 0.6) is 5.75 Å². The number of hydrogen-bond acceptors (Lipinski definition) is 9. The number of nitrogens with one attached hydrogen (secondary N) is 2. The highest BCUT2D eigenvalue weighted by molar-refractivity contribution is 5.99. The van der Waals surface area contributed by atoms with Crippen molar-refractivity contribution in [3.05, 3.63) is 95.3 Å². The number of amides is 2. The average Bonchev–Trinajstić information content (AvgIpc) is 3.13. The molecule has 5 rings (SSSR count). The number of ether oxygens (including phenoxy) is 2. The second-order valence-corrected chi connectivity index (χ2v) is 13.1. The lowest BCUT2D eigenvalue weighted by Gasteiger charge is -2.36. The Balaban J connectivity index is 1.39. The fourth-order valence-corrected chi connectivity index (χ4v) is 6.27. The van der Waals surface area contributed by atoms with E-state index in [1.165, 1.54) is 6.07 Å². The summed E-state index contributed by atoms with van der Waals surface area (Å²) in [4.78, 5) is 39.7. The first-order valence-electron chi connectivity index (χ1n) is 18.2. The summed E-state index contributed by atoms with van der Waals surface area (Å²) < 4.78 is 27.3. The Bertz CT molecular complexity index is 1720. The molecular formula is C40H52FN7O4. The Morgan fingerprint density at radius 3 is 2.40 bits per heavy atom. The molecule has 1 saturated heterocycles. The van der Waals surface area contributed by atoms with Crippen LogP contribution in [0.25, 0.3) is 5.70 Å². The number of nitrogens with zero attached hydrogens (tertiary/aromatic N) is 5.